The van der Waals surface area contributed by atoms with Gasteiger partial charge in [-0.25, -0.2) is 4.98 Å². The van der Waals surface area contributed by atoms with Crippen molar-refractivity contribution in [2.75, 3.05) is 18.0 Å². The summed E-state index contributed by atoms with van der Waals surface area (Å²) in [5, 5.41) is 3.44. The predicted octanol–water partition coefficient (Wildman–Crippen LogP) is 4.08. The Kier molecular flexibility index (Phi) is 6.04. The fourth-order valence-electron chi connectivity index (χ4n) is 3.14. The molecular weight excluding hydrogens is 258 g/mol. The molecule has 0 aliphatic carbocycles. The molecule has 1 aliphatic heterocycles. The normalized spacial score (nSPS) is 19.3. The zero-order valence-corrected chi connectivity index (χ0v) is 14.2. The standard InChI is InChI=1S/C18H31N3/c1-5-16-9-7-8-10-21(16)18-12-15(13-19-6-2)11-17(20-18)14(3)4/h11-12,14,16,19H,5-10,13H2,1-4H3. The molecule has 0 amide bonds. The van der Waals surface area contributed by atoms with Crippen molar-refractivity contribution in [3.05, 3.63) is 23.4 Å². The van der Waals surface area contributed by atoms with Gasteiger partial charge in [-0.05, 0) is 55.8 Å². The highest BCUT2D eigenvalue weighted by Gasteiger charge is 2.22. The van der Waals surface area contributed by atoms with Crippen LogP contribution in [-0.4, -0.2) is 24.1 Å². The van der Waals surface area contributed by atoms with Gasteiger partial charge < -0.3 is 10.2 Å². The van der Waals surface area contributed by atoms with Gasteiger partial charge in [0.05, 0.1) is 0 Å². The van der Waals surface area contributed by atoms with Crippen LogP contribution in [0.25, 0.3) is 0 Å². The van der Waals surface area contributed by atoms with E-state index in [1.807, 2.05) is 0 Å². The van der Waals surface area contributed by atoms with Gasteiger partial charge in [-0.1, -0.05) is 27.7 Å². The van der Waals surface area contributed by atoms with Crippen molar-refractivity contribution >= 4 is 5.82 Å². The first-order chi connectivity index (χ1) is 10.2. The third-order valence-electron chi connectivity index (χ3n) is 4.45. The Bertz CT molecular complexity index is 442. The van der Waals surface area contributed by atoms with Crippen LogP contribution in [-0.2, 0) is 6.54 Å². The first-order valence-electron chi connectivity index (χ1n) is 8.63. The van der Waals surface area contributed by atoms with E-state index in [1.54, 1.807) is 0 Å². The summed E-state index contributed by atoms with van der Waals surface area (Å²) in [6, 6.07) is 5.23. The summed E-state index contributed by atoms with van der Waals surface area (Å²) >= 11 is 0. The van der Waals surface area contributed by atoms with Crippen LogP contribution < -0.4 is 10.2 Å². The smallest absolute Gasteiger partial charge is 0.129 e. The lowest BCUT2D eigenvalue weighted by Crippen LogP contribution is -2.39. The fourth-order valence-corrected chi connectivity index (χ4v) is 3.14. The Morgan fingerprint density at radius 2 is 2.10 bits per heavy atom. The number of rotatable bonds is 6. The zero-order chi connectivity index (χ0) is 15.2. The molecule has 3 heteroatoms. The summed E-state index contributed by atoms with van der Waals surface area (Å²) in [6.07, 6.45) is 5.19. The molecule has 1 atom stereocenters. The molecule has 0 spiro atoms. The van der Waals surface area contributed by atoms with Gasteiger partial charge in [0.25, 0.3) is 0 Å². The summed E-state index contributed by atoms with van der Waals surface area (Å²) in [5.41, 5.74) is 2.59. The molecule has 3 nitrogen and oxygen atoms in total. The molecule has 1 aromatic heterocycles. The van der Waals surface area contributed by atoms with Gasteiger partial charge in [-0.2, -0.15) is 0 Å². The molecule has 118 valence electrons. The van der Waals surface area contributed by atoms with Crippen LogP contribution in [0.15, 0.2) is 12.1 Å². The lowest BCUT2D eigenvalue weighted by molar-refractivity contribution is 0.446. The van der Waals surface area contributed by atoms with Crippen molar-refractivity contribution in [3.8, 4) is 0 Å². The fraction of sp³-hybridized carbons (Fsp3) is 0.722. The van der Waals surface area contributed by atoms with Crippen LogP contribution in [0.4, 0.5) is 5.82 Å². The number of pyridine rings is 1. The Morgan fingerprint density at radius 1 is 1.29 bits per heavy atom. The minimum absolute atomic E-state index is 0.482. The van der Waals surface area contributed by atoms with Crippen molar-refractivity contribution in [1.82, 2.24) is 10.3 Å². The number of nitrogens with one attached hydrogen (secondary N) is 1. The monoisotopic (exact) mass is 289 g/mol. The minimum Gasteiger partial charge on any atom is -0.354 e. The van der Waals surface area contributed by atoms with E-state index in [4.69, 9.17) is 4.98 Å². The molecule has 21 heavy (non-hydrogen) atoms. The summed E-state index contributed by atoms with van der Waals surface area (Å²) < 4.78 is 0. The second kappa shape index (κ2) is 7.79. The SMILES string of the molecule is CCNCc1cc(C(C)C)nc(N2CCCCC2CC)c1. The molecule has 0 aromatic carbocycles. The van der Waals surface area contributed by atoms with Gasteiger partial charge >= 0.3 is 0 Å². The largest absolute Gasteiger partial charge is 0.354 e. The number of hydrogen-bond acceptors (Lipinski definition) is 3. The summed E-state index contributed by atoms with van der Waals surface area (Å²) in [5.74, 6) is 1.68. The first-order valence-corrected chi connectivity index (χ1v) is 8.63. The van der Waals surface area contributed by atoms with Crippen LogP contribution in [0.3, 0.4) is 0 Å². The highest BCUT2D eigenvalue weighted by Crippen LogP contribution is 2.27. The molecular formula is C18H31N3. The summed E-state index contributed by atoms with van der Waals surface area (Å²) in [6.45, 7) is 12.0. The number of anilines is 1. The molecule has 2 rings (SSSR count). The highest BCUT2D eigenvalue weighted by atomic mass is 15.2. The number of piperidine rings is 1. The molecule has 1 aliphatic rings. The number of aromatic nitrogens is 1. The Hall–Kier alpha value is -1.09. The molecule has 0 saturated carbocycles. The molecule has 1 unspecified atom stereocenters. The van der Waals surface area contributed by atoms with E-state index in [1.165, 1.54) is 42.8 Å². The van der Waals surface area contributed by atoms with E-state index in [0.717, 1.165) is 19.6 Å². The summed E-state index contributed by atoms with van der Waals surface area (Å²) in [7, 11) is 0. The molecule has 0 bridgehead atoms. The van der Waals surface area contributed by atoms with Crippen LogP contribution in [0.2, 0.25) is 0 Å². The molecule has 1 fully saturated rings. The lowest BCUT2D eigenvalue weighted by atomic mass is 9.99. The van der Waals surface area contributed by atoms with E-state index in [0.29, 0.717) is 12.0 Å². The number of nitrogens with zero attached hydrogens (tertiary/aromatic N) is 2. The van der Waals surface area contributed by atoms with E-state index >= 15 is 0 Å². The maximum atomic E-state index is 4.96. The van der Waals surface area contributed by atoms with Crippen LogP contribution in [0, 0.1) is 0 Å². The van der Waals surface area contributed by atoms with Gasteiger partial charge in [0, 0.05) is 24.8 Å². The van der Waals surface area contributed by atoms with Crippen molar-refractivity contribution < 1.29 is 0 Å². The highest BCUT2D eigenvalue weighted by molar-refractivity contribution is 5.45. The van der Waals surface area contributed by atoms with Gasteiger partial charge in [0.15, 0.2) is 0 Å². The topological polar surface area (TPSA) is 28.2 Å². The first kappa shape index (κ1) is 16.3. The number of hydrogen-bond donors (Lipinski definition) is 1. The van der Waals surface area contributed by atoms with Gasteiger partial charge in [-0.15, -0.1) is 0 Å². The van der Waals surface area contributed by atoms with Crippen molar-refractivity contribution in [3.63, 3.8) is 0 Å². The molecule has 1 N–H and O–H groups in total. The van der Waals surface area contributed by atoms with Crippen LogP contribution in [0.5, 0.6) is 0 Å². The lowest BCUT2D eigenvalue weighted by Gasteiger charge is -2.36. The second-order valence-corrected chi connectivity index (χ2v) is 6.44. The van der Waals surface area contributed by atoms with Crippen molar-refractivity contribution in [1.29, 1.82) is 0 Å². The minimum atomic E-state index is 0.482. The van der Waals surface area contributed by atoms with Gasteiger partial charge in [-0.3, -0.25) is 0 Å². The Labute approximate surface area is 130 Å². The molecule has 2 heterocycles. The van der Waals surface area contributed by atoms with E-state index in [9.17, 15) is 0 Å². The van der Waals surface area contributed by atoms with E-state index < -0.39 is 0 Å². The van der Waals surface area contributed by atoms with Crippen LogP contribution >= 0.6 is 0 Å². The van der Waals surface area contributed by atoms with Gasteiger partial charge in [0.2, 0.25) is 0 Å². The van der Waals surface area contributed by atoms with E-state index in [2.05, 4.69) is 50.0 Å². The second-order valence-electron chi connectivity index (χ2n) is 6.44. The maximum absolute atomic E-state index is 4.96. The summed E-state index contributed by atoms with van der Waals surface area (Å²) in [4.78, 5) is 7.51. The zero-order valence-electron chi connectivity index (χ0n) is 14.2. The van der Waals surface area contributed by atoms with Crippen molar-refractivity contribution in [2.24, 2.45) is 0 Å². The molecule has 1 aromatic rings. The quantitative estimate of drug-likeness (QED) is 0.855. The Morgan fingerprint density at radius 3 is 2.76 bits per heavy atom. The van der Waals surface area contributed by atoms with E-state index in [-0.39, 0.29) is 0 Å². The van der Waals surface area contributed by atoms with Crippen molar-refractivity contribution in [2.45, 2.75) is 71.9 Å². The van der Waals surface area contributed by atoms with Crippen LogP contribution in [0.1, 0.15) is 70.6 Å². The third kappa shape index (κ3) is 4.19. The molecule has 1 saturated heterocycles. The third-order valence-corrected chi connectivity index (χ3v) is 4.45. The maximum Gasteiger partial charge on any atom is 0.129 e. The van der Waals surface area contributed by atoms with Gasteiger partial charge in [0.1, 0.15) is 5.82 Å². The predicted molar refractivity (Wildman–Crippen MR) is 91.0 cm³/mol. The Balaban J connectivity index is 2.29. The average molecular weight is 289 g/mol. The molecule has 0 radical (unpaired) electrons. The average Bonchev–Trinajstić information content (AvgIpc) is 2.52.